The number of amides is 1. The molecule has 2 aliphatic heterocycles. The summed E-state index contributed by atoms with van der Waals surface area (Å²) < 4.78 is 2.33. The van der Waals surface area contributed by atoms with Crippen molar-refractivity contribution in [2.75, 3.05) is 19.6 Å². The van der Waals surface area contributed by atoms with Crippen LogP contribution in [0.15, 0.2) is 12.1 Å². The molecule has 1 saturated heterocycles. The van der Waals surface area contributed by atoms with Crippen molar-refractivity contribution < 1.29 is 4.79 Å². The monoisotopic (exact) mass is 247 g/mol. The van der Waals surface area contributed by atoms with Gasteiger partial charge in [-0.2, -0.15) is 0 Å². The first-order chi connectivity index (χ1) is 8.66. The summed E-state index contributed by atoms with van der Waals surface area (Å²) in [4.78, 5) is 14.4. The average molecular weight is 247 g/mol. The van der Waals surface area contributed by atoms with Gasteiger partial charge in [0.2, 0.25) is 5.91 Å². The van der Waals surface area contributed by atoms with Crippen LogP contribution in [-0.4, -0.2) is 35.0 Å². The Labute approximate surface area is 108 Å². The Morgan fingerprint density at radius 2 is 2.17 bits per heavy atom. The van der Waals surface area contributed by atoms with Crippen LogP contribution in [0.3, 0.4) is 0 Å². The van der Waals surface area contributed by atoms with Gasteiger partial charge in [-0.25, -0.2) is 0 Å². The summed E-state index contributed by atoms with van der Waals surface area (Å²) in [6, 6.07) is 4.52. The van der Waals surface area contributed by atoms with Crippen LogP contribution in [0, 0.1) is 12.8 Å². The molecule has 18 heavy (non-hydrogen) atoms. The maximum Gasteiger partial charge on any atom is 0.223 e. The fourth-order valence-electron chi connectivity index (χ4n) is 3.02. The second kappa shape index (κ2) is 4.43. The highest BCUT2D eigenvalue weighted by atomic mass is 16.2. The minimum atomic E-state index is 0.216. The first-order valence-corrected chi connectivity index (χ1v) is 6.83. The van der Waals surface area contributed by atoms with Crippen LogP contribution in [0.1, 0.15) is 30.8 Å². The lowest BCUT2D eigenvalue weighted by Gasteiger charge is -2.37. The lowest BCUT2D eigenvalue weighted by molar-refractivity contribution is -0.135. The van der Waals surface area contributed by atoms with E-state index in [4.69, 9.17) is 0 Å². The van der Waals surface area contributed by atoms with Gasteiger partial charge < -0.3 is 14.8 Å². The molecule has 4 heteroatoms. The van der Waals surface area contributed by atoms with Crippen LogP contribution in [0.5, 0.6) is 0 Å². The Hall–Kier alpha value is -1.29. The van der Waals surface area contributed by atoms with Gasteiger partial charge in [-0.15, -0.1) is 0 Å². The van der Waals surface area contributed by atoms with Crippen molar-refractivity contribution in [2.45, 2.75) is 32.9 Å². The molecule has 0 aromatic carbocycles. The summed E-state index contributed by atoms with van der Waals surface area (Å²) in [6.45, 7) is 8.07. The smallest absolute Gasteiger partial charge is 0.223 e. The predicted molar refractivity (Wildman–Crippen MR) is 70.3 cm³/mol. The summed E-state index contributed by atoms with van der Waals surface area (Å²) in [5.74, 6) is 0.874. The Kier molecular flexibility index (Phi) is 2.90. The molecule has 1 fully saturated rings. The maximum absolute atomic E-state index is 12.3. The molecule has 1 unspecified atom stereocenters. The van der Waals surface area contributed by atoms with E-state index in [0.29, 0.717) is 18.2 Å². The molecule has 4 nitrogen and oxygen atoms in total. The summed E-state index contributed by atoms with van der Waals surface area (Å²) in [6.07, 6.45) is 0.705. The van der Waals surface area contributed by atoms with Gasteiger partial charge >= 0.3 is 0 Å². The Balaban J connectivity index is 1.73. The molecule has 1 atom stereocenters. The first-order valence-electron chi connectivity index (χ1n) is 6.83. The number of carbonyl (C=O) groups is 1. The van der Waals surface area contributed by atoms with Gasteiger partial charge in [0.25, 0.3) is 0 Å². The standard InChI is InChI=1S/C14H21N3O/c1-10-3-4-13-11(2)17(6-5-16(10)13)14(18)7-12-8-15-9-12/h3-4,11-12,15H,5-9H2,1-2H3. The van der Waals surface area contributed by atoms with Gasteiger partial charge in [0.15, 0.2) is 0 Å². The number of rotatable bonds is 2. The highest BCUT2D eigenvalue weighted by Gasteiger charge is 2.30. The van der Waals surface area contributed by atoms with Gasteiger partial charge in [0.1, 0.15) is 0 Å². The van der Waals surface area contributed by atoms with Crippen LogP contribution < -0.4 is 5.32 Å². The summed E-state index contributed by atoms with van der Waals surface area (Å²) in [5.41, 5.74) is 2.57. The van der Waals surface area contributed by atoms with Crippen LogP contribution in [-0.2, 0) is 11.3 Å². The van der Waals surface area contributed by atoms with Crippen LogP contribution in [0.2, 0.25) is 0 Å². The van der Waals surface area contributed by atoms with Gasteiger partial charge in [0, 0.05) is 30.9 Å². The molecule has 0 aliphatic carbocycles. The third-order valence-electron chi connectivity index (χ3n) is 4.34. The molecular weight excluding hydrogens is 226 g/mol. The van der Waals surface area contributed by atoms with E-state index in [0.717, 1.165) is 26.2 Å². The highest BCUT2D eigenvalue weighted by Crippen LogP contribution is 2.28. The van der Waals surface area contributed by atoms with Gasteiger partial charge in [0.05, 0.1) is 6.04 Å². The molecular formula is C14H21N3O. The number of aromatic nitrogens is 1. The van der Waals surface area contributed by atoms with Gasteiger partial charge in [-0.05, 0) is 45.0 Å². The fraction of sp³-hybridized carbons (Fsp3) is 0.643. The van der Waals surface area contributed by atoms with E-state index in [2.05, 4.69) is 35.9 Å². The van der Waals surface area contributed by atoms with Crippen molar-refractivity contribution in [3.05, 3.63) is 23.5 Å². The van der Waals surface area contributed by atoms with Gasteiger partial charge in [-0.1, -0.05) is 0 Å². The largest absolute Gasteiger partial charge is 0.345 e. The van der Waals surface area contributed by atoms with Crippen molar-refractivity contribution in [1.82, 2.24) is 14.8 Å². The van der Waals surface area contributed by atoms with E-state index in [1.165, 1.54) is 11.4 Å². The van der Waals surface area contributed by atoms with E-state index < -0.39 is 0 Å². The minimum absolute atomic E-state index is 0.216. The molecule has 0 radical (unpaired) electrons. The topological polar surface area (TPSA) is 37.3 Å². The summed E-state index contributed by atoms with van der Waals surface area (Å²) in [5, 5.41) is 3.22. The van der Waals surface area contributed by atoms with E-state index in [1.54, 1.807) is 0 Å². The minimum Gasteiger partial charge on any atom is -0.345 e. The second-order valence-corrected chi connectivity index (χ2v) is 5.54. The number of hydrogen-bond donors (Lipinski definition) is 1. The Bertz CT molecular complexity index is 462. The van der Waals surface area contributed by atoms with Crippen LogP contribution in [0.25, 0.3) is 0 Å². The molecule has 3 heterocycles. The third-order valence-corrected chi connectivity index (χ3v) is 4.34. The molecule has 3 rings (SSSR count). The molecule has 1 aromatic rings. The second-order valence-electron chi connectivity index (χ2n) is 5.54. The summed E-state index contributed by atoms with van der Waals surface area (Å²) >= 11 is 0. The third kappa shape index (κ3) is 1.85. The zero-order valence-electron chi connectivity index (χ0n) is 11.1. The van der Waals surface area contributed by atoms with Crippen molar-refractivity contribution in [3.63, 3.8) is 0 Å². The normalized spacial score (nSPS) is 23.7. The Morgan fingerprint density at radius 1 is 1.39 bits per heavy atom. The average Bonchev–Trinajstić information content (AvgIpc) is 2.67. The van der Waals surface area contributed by atoms with Crippen molar-refractivity contribution in [3.8, 4) is 0 Å². The van der Waals surface area contributed by atoms with Gasteiger partial charge in [-0.3, -0.25) is 4.79 Å². The van der Waals surface area contributed by atoms with E-state index in [9.17, 15) is 4.79 Å². The molecule has 2 aliphatic rings. The van der Waals surface area contributed by atoms with E-state index in [-0.39, 0.29) is 6.04 Å². The quantitative estimate of drug-likeness (QED) is 0.855. The molecule has 1 aromatic heterocycles. The predicted octanol–water partition coefficient (Wildman–Crippen LogP) is 1.31. The molecule has 1 N–H and O–H groups in total. The number of nitrogens with zero attached hydrogens (tertiary/aromatic N) is 2. The molecule has 0 bridgehead atoms. The number of nitrogens with one attached hydrogen (secondary N) is 1. The zero-order chi connectivity index (χ0) is 12.7. The highest BCUT2D eigenvalue weighted by molar-refractivity contribution is 5.77. The van der Waals surface area contributed by atoms with Crippen molar-refractivity contribution in [2.24, 2.45) is 5.92 Å². The van der Waals surface area contributed by atoms with Crippen molar-refractivity contribution >= 4 is 5.91 Å². The number of carbonyl (C=O) groups excluding carboxylic acids is 1. The molecule has 98 valence electrons. The molecule has 0 spiro atoms. The van der Waals surface area contributed by atoms with E-state index in [1.807, 2.05) is 4.90 Å². The fourth-order valence-corrected chi connectivity index (χ4v) is 3.02. The molecule has 0 saturated carbocycles. The van der Waals surface area contributed by atoms with Crippen LogP contribution in [0.4, 0.5) is 0 Å². The lowest BCUT2D eigenvalue weighted by Crippen LogP contribution is -2.47. The lowest BCUT2D eigenvalue weighted by atomic mass is 9.98. The van der Waals surface area contributed by atoms with Crippen LogP contribution >= 0.6 is 0 Å². The zero-order valence-corrected chi connectivity index (χ0v) is 11.1. The van der Waals surface area contributed by atoms with E-state index >= 15 is 0 Å². The number of aryl methyl sites for hydroxylation is 1. The Morgan fingerprint density at radius 3 is 2.83 bits per heavy atom. The molecule has 1 amide bonds. The first kappa shape index (κ1) is 11.8. The number of hydrogen-bond acceptors (Lipinski definition) is 2. The maximum atomic E-state index is 12.3. The summed E-state index contributed by atoms with van der Waals surface area (Å²) in [7, 11) is 0. The number of fused-ring (bicyclic) bond motifs is 1. The van der Waals surface area contributed by atoms with Crippen molar-refractivity contribution in [1.29, 1.82) is 0 Å². The SMILES string of the molecule is Cc1ccc2n1CCN(C(=O)CC1CNC1)C2C.